The van der Waals surface area contributed by atoms with Crippen LogP contribution in [0.3, 0.4) is 0 Å². The number of hydrogen-bond donors (Lipinski definition) is 2. The molecule has 2 unspecified atom stereocenters. The van der Waals surface area contributed by atoms with E-state index in [1.807, 2.05) is 0 Å². The van der Waals surface area contributed by atoms with Gasteiger partial charge in [0.25, 0.3) is 0 Å². The highest BCUT2D eigenvalue weighted by Gasteiger charge is 2.38. The molecule has 0 radical (unpaired) electrons. The molecule has 1 saturated heterocycles. The highest BCUT2D eigenvalue weighted by atomic mass is 16.5. The smallest absolute Gasteiger partial charge is 0.317 e. The Morgan fingerprint density at radius 3 is 2.52 bits per heavy atom. The molecule has 1 aliphatic heterocycles. The highest BCUT2D eigenvalue weighted by Crippen LogP contribution is 2.27. The van der Waals surface area contributed by atoms with Crippen LogP contribution in [0.5, 0.6) is 0 Å². The van der Waals surface area contributed by atoms with E-state index in [1.54, 1.807) is 7.05 Å². The zero-order valence-corrected chi connectivity index (χ0v) is 12.9. The van der Waals surface area contributed by atoms with Crippen LogP contribution in [0.15, 0.2) is 0 Å². The summed E-state index contributed by atoms with van der Waals surface area (Å²) in [6.45, 7) is 3.43. The van der Waals surface area contributed by atoms with Crippen LogP contribution in [0.1, 0.15) is 32.6 Å². The maximum absolute atomic E-state index is 12.2. The fourth-order valence-electron chi connectivity index (χ4n) is 3.20. The molecule has 21 heavy (non-hydrogen) atoms. The van der Waals surface area contributed by atoms with Gasteiger partial charge in [-0.15, -0.1) is 0 Å². The summed E-state index contributed by atoms with van der Waals surface area (Å²) in [5, 5.41) is 12.1. The van der Waals surface area contributed by atoms with E-state index in [4.69, 9.17) is 9.84 Å². The van der Waals surface area contributed by atoms with Crippen molar-refractivity contribution in [1.82, 2.24) is 10.2 Å². The minimum absolute atomic E-state index is 0.179. The van der Waals surface area contributed by atoms with E-state index in [9.17, 15) is 9.59 Å². The quantitative estimate of drug-likeness (QED) is 0.825. The number of hydrogen-bond acceptors (Lipinski definition) is 3. The first-order valence-electron chi connectivity index (χ1n) is 7.80. The number of carboxylic acid groups (broad SMARTS) is 1. The average Bonchev–Trinajstić information content (AvgIpc) is 2.95. The molecule has 6 heteroatoms. The van der Waals surface area contributed by atoms with Gasteiger partial charge in [0.2, 0.25) is 0 Å². The van der Waals surface area contributed by atoms with Gasteiger partial charge in [0.1, 0.15) is 5.92 Å². The molecule has 2 rings (SSSR count). The van der Waals surface area contributed by atoms with Gasteiger partial charge >= 0.3 is 12.0 Å². The van der Waals surface area contributed by atoms with E-state index in [0.717, 1.165) is 18.8 Å². The van der Waals surface area contributed by atoms with Crippen molar-refractivity contribution in [3.05, 3.63) is 0 Å². The lowest BCUT2D eigenvalue weighted by molar-refractivity contribution is -0.142. The van der Waals surface area contributed by atoms with E-state index in [0.29, 0.717) is 19.1 Å². The Hall–Kier alpha value is -1.30. The van der Waals surface area contributed by atoms with Crippen molar-refractivity contribution in [2.24, 2.45) is 17.8 Å². The molecule has 1 saturated carbocycles. The molecule has 0 aromatic rings. The number of carbonyl (C=O) groups is 2. The number of carbonyl (C=O) groups excluding carboxylic acids is 1. The van der Waals surface area contributed by atoms with E-state index < -0.39 is 11.9 Å². The molecular formula is C15H26N2O4. The van der Waals surface area contributed by atoms with Gasteiger partial charge in [-0.2, -0.15) is 0 Å². The van der Waals surface area contributed by atoms with Crippen LogP contribution in [-0.4, -0.2) is 54.9 Å². The molecular weight excluding hydrogens is 272 g/mol. The molecule has 1 heterocycles. The van der Waals surface area contributed by atoms with Gasteiger partial charge in [-0.3, -0.25) is 4.79 Å². The summed E-state index contributed by atoms with van der Waals surface area (Å²) >= 11 is 0. The number of ether oxygens (including phenoxy) is 1. The standard InChI is InChI=1S/C15H26N2O4/c1-10-3-5-11(6-4-10)7-16-15(20)17(2)13-9-21-8-12(13)14(18)19/h10-13H,3-9H2,1-2H3,(H,16,20)(H,18,19). The molecule has 2 amide bonds. The minimum Gasteiger partial charge on any atom is -0.481 e. The van der Waals surface area contributed by atoms with Crippen LogP contribution < -0.4 is 5.32 Å². The Bertz CT molecular complexity index is 380. The number of amides is 2. The van der Waals surface area contributed by atoms with Gasteiger partial charge in [-0.1, -0.05) is 19.8 Å². The number of rotatable bonds is 4. The minimum atomic E-state index is -0.904. The highest BCUT2D eigenvalue weighted by molar-refractivity contribution is 5.77. The zero-order valence-electron chi connectivity index (χ0n) is 12.9. The Morgan fingerprint density at radius 1 is 1.24 bits per heavy atom. The normalized spacial score (nSPS) is 32.7. The second-order valence-corrected chi connectivity index (χ2v) is 6.47. The molecule has 0 spiro atoms. The topological polar surface area (TPSA) is 78.9 Å². The number of likely N-dealkylation sites (N-methyl/N-ethyl adjacent to an activating group) is 1. The molecule has 0 aromatic carbocycles. The summed E-state index contributed by atoms with van der Waals surface area (Å²) in [5.41, 5.74) is 0. The van der Waals surface area contributed by atoms with E-state index >= 15 is 0 Å². The lowest BCUT2D eigenvalue weighted by atomic mass is 9.83. The fourth-order valence-corrected chi connectivity index (χ4v) is 3.20. The van der Waals surface area contributed by atoms with E-state index in [1.165, 1.54) is 17.7 Å². The van der Waals surface area contributed by atoms with Crippen LogP contribution >= 0.6 is 0 Å². The van der Waals surface area contributed by atoms with Crippen molar-refractivity contribution < 1.29 is 19.4 Å². The van der Waals surface area contributed by atoms with Gasteiger partial charge in [-0.05, 0) is 24.7 Å². The van der Waals surface area contributed by atoms with Crippen molar-refractivity contribution in [3.63, 3.8) is 0 Å². The second-order valence-electron chi connectivity index (χ2n) is 6.47. The fraction of sp³-hybridized carbons (Fsp3) is 0.867. The Labute approximate surface area is 125 Å². The van der Waals surface area contributed by atoms with Crippen LogP contribution in [0, 0.1) is 17.8 Å². The zero-order chi connectivity index (χ0) is 15.4. The summed E-state index contributed by atoms with van der Waals surface area (Å²) in [4.78, 5) is 24.8. The van der Waals surface area contributed by atoms with Gasteiger partial charge in [-0.25, -0.2) is 4.79 Å². The maximum atomic E-state index is 12.2. The molecule has 2 aliphatic rings. The van der Waals surface area contributed by atoms with Crippen LogP contribution in [0.2, 0.25) is 0 Å². The third-order valence-electron chi connectivity index (χ3n) is 4.86. The summed E-state index contributed by atoms with van der Waals surface area (Å²) in [5.74, 6) is -0.185. The molecule has 0 aromatic heterocycles. The molecule has 2 atom stereocenters. The van der Waals surface area contributed by atoms with Gasteiger partial charge < -0.3 is 20.1 Å². The SMILES string of the molecule is CC1CCC(CNC(=O)N(C)C2COCC2C(=O)O)CC1. The van der Waals surface area contributed by atoms with Gasteiger partial charge in [0.15, 0.2) is 0 Å². The Balaban J connectivity index is 1.78. The van der Waals surface area contributed by atoms with E-state index in [2.05, 4.69) is 12.2 Å². The average molecular weight is 298 g/mol. The summed E-state index contributed by atoms with van der Waals surface area (Å²) in [6, 6.07) is -0.579. The molecule has 120 valence electrons. The third-order valence-corrected chi connectivity index (χ3v) is 4.86. The molecule has 6 nitrogen and oxygen atoms in total. The number of nitrogens with one attached hydrogen (secondary N) is 1. The predicted octanol–water partition coefficient (Wildman–Crippen LogP) is 1.55. The lowest BCUT2D eigenvalue weighted by Crippen LogP contribution is -2.49. The molecule has 2 fully saturated rings. The van der Waals surface area contributed by atoms with Crippen molar-refractivity contribution in [2.75, 3.05) is 26.8 Å². The number of nitrogens with zero attached hydrogens (tertiary/aromatic N) is 1. The first-order valence-corrected chi connectivity index (χ1v) is 7.80. The number of carboxylic acids is 1. The van der Waals surface area contributed by atoms with Crippen LogP contribution in [0.25, 0.3) is 0 Å². The Kier molecular flexibility index (Phi) is 5.45. The van der Waals surface area contributed by atoms with Gasteiger partial charge in [0.05, 0.1) is 19.3 Å². The molecule has 1 aliphatic carbocycles. The van der Waals surface area contributed by atoms with Crippen molar-refractivity contribution >= 4 is 12.0 Å². The second kappa shape index (κ2) is 7.11. The third kappa shape index (κ3) is 4.09. The first kappa shape index (κ1) is 16.1. The summed E-state index contributed by atoms with van der Waals surface area (Å²) in [7, 11) is 1.65. The first-order chi connectivity index (χ1) is 9.99. The molecule has 0 bridgehead atoms. The largest absolute Gasteiger partial charge is 0.481 e. The van der Waals surface area contributed by atoms with Gasteiger partial charge in [0, 0.05) is 13.6 Å². The number of urea groups is 1. The lowest BCUT2D eigenvalue weighted by Gasteiger charge is -2.29. The summed E-state index contributed by atoms with van der Waals surface area (Å²) in [6.07, 6.45) is 4.78. The Morgan fingerprint density at radius 2 is 1.90 bits per heavy atom. The van der Waals surface area contributed by atoms with Crippen molar-refractivity contribution in [1.29, 1.82) is 0 Å². The predicted molar refractivity (Wildman–Crippen MR) is 78.0 cm³/mol. The van der Waals surface area contributed by atoms with Crippen molar-refractivity contribution in [2.45, 2.75) is 38.6 Å². The van der Waals surface area contributed by atoms with Crippen LogP contribution in [0.4, 0.5) is 4.79 Å². The van der Waals surface area contributed by atoms with Crippen LogP contribution in [-0.2, 0) is 9.53 Å². The van der Waals surface area contributed by atoms with Crippen molar-refractivity contribution in [3.8, 4) is 0 Å². The number of aliphatic carboxylic acids is 1. The van der Waals surface area contributed by atoms with E-state index in [-0.39, 0.29) is 18.7 Å². The monoisotopic (exact) mass is 298 g/mol. The maximum Gasteiger partial charge on any atom is 0.317 e. The summed E-state index contributed by atoms with van der Waals surface area (Å²) < 4.78 is 5.21. The molecule has 2 N–H and O–H groups in total.